The number of carbonyl (C=O) groups excluding carboxylic acids is 2. The van der Waals surface area contributed by atoms with Crippen LogP contribution in [0.4, 0.5) is 0 Å². The van der Waals surface area contributed by atoms with Crippen LogP contribution in [0.5, 0.6) is 0 Å². The second-order valence-corrected chi connectivity index (χ2v) is 16.2. The first kappa shape index (κ1) is 53.2. The van der Waals surface area contributed by atoms with Gasteiger partial charge < -0.3 is 24.6 Å². The Hall–Kier alpha value is -1.81. The molecule has 0 saturated heterocycles. The van der Waals surface area contributed by atoms with Gasteiger partial charge >= 0.3 is 19.8 Å². The van der Waals surface area contributed by atoms with E-state index in [9.17, 15) is 24.2 Å². The molecule has 3 N–H and O–H groups in total. The van der Waals surface area contributed by atoms with Crippen LogP contribution in [0.15, 0.2) is 36.5 Å². The third-order valence-electron chi connectivity index (χ3n) is 9.27. The van der Waals surface area contributed by atoms with Crippen molar-refractivity contribution in [2.45, 2.75) is 206 Å². The van der Waals surface area contributed by atoms with Crippen molar-refractivity contribution >= 4 is 19.8 Å². The lowest BCUT2D eigenvalue weighted by Gasteiger charge is -2.20. The Morgan fingerprint density at radius 1 is 0.545 bits per heavy atom. The third-order valence-corrected chi connectivity index (χ3v) is 10.2. The highest BCUT2D eigenvalue weighted by molar-refractivity contribution is 7.47. The average Bonchev–Trinajstić information content (AvgIpc) is 3.17. The summed E-state index contributed by atoms with van der Waals surface area (Å²) in [7, 11) is -4.62. The number of phosphoric acid groups is 1. The maximum Gasteiger partial charge on any atom is 0.472 e. The molecule has 0 aromatic rings. The predicted molar refractivity (Wildman–Crippen MR) is 224 cm³/mol. The summed E-state index contributed by atoms with van der Waals surface area (Å²) in [5.41, 5.74) is 0. The van der Waals surface area contributed by atoms with E-state index < -0.39 is 51.8 Å². The quantitative estimate of drug-likeness (QED) is 0.0236. The molecule has 55 heavy (non-hydrogen) atoms. The number of rotatable bonds is 41. The fourth-order valence-electron chi connectivity index (χ4n) is 5.84. The molecule has 322 valence electrons. The highest BCUT2D eigenvalue weighted by atomic mass is 31.2. The van der Waals surface area contributed by atoms with Gasteiger partial charge in [0.1, 0.15) is 12.7 Å². The lowest BCUT2D eigenvalue weighted by molar-refractivity contribution is -0.161. The molecule has 0 aliphatic heterocycles. The van der Waals surface area contributed by atoms with E-state index in [1.165, 1.54) is 83.5 Å². The normalized spacial score (nSPS) is 14.2. The lowest BCUT2D eigenvalue weighted by atomic mass is 10.1. The highest BCUT2D eigenvalue weighted by Crippen LogP contribution is 2.43. The van der Waals surface area contributed by atoms with Crippen LogP contribution in [0.3, 0.4) is 0 Å². The molecule has 0 heterocycles. The topological polar surface area (TPSA) is 149 Å². The zero-order valence-corrected chi connectivity index (χ0v) is 35.8. The Kier molecular flexibility index (Phi) is 39.1. The first-order chi connectivity index (χ1) is 26.7. The molecule has 1 unspecified atom stereocenters. The predicted octanol–water partition coefficient (Wildman–Crippen LogP) is 11.6. The van der Waals surface area contributed by atoms with Gasteiger partial charge in [-0.05, 0) is 70.6 Å². The molecule has 0 spiro atoms. The number of esters is 2. The van der Waals surface area contributed by atoms with Crippen molar-refractivity contribution in [2.75, 3.05) is 26.4 Å². The number of allylic oxidation sites excluding steroid dienone is 6. The number of hydrogen-bond acceptors (Lipinski definition) is 9. The van der Waals surface area contributed by atoms with E-state index in [1.807, 2.05) is 0 Å². The van der Waals surface area contributed by atoms with E-state index in [1.54, 1.807) is 0 Å². The lowest BCUT2D eigenvalue weighted by Crippen LogP contribution is -2.29. The minimum Gasteiger partial charge on any atom is -0.462 e. The first-order valence-corrected chi connectivity index (χ1v) is 23.4. The van der Waals surface area contributed by atoms with Crippen LogP contribution in [0.25, 0.3) is 0 Å². The van der Waals surface area contributed by atoms with E-state index in [2.05, 4.69) is 54.8 Å². The Bertz CT molecular complexity index is 1010. The summed E-state index contributed by atoms with van der Waals surface area (Å²) in [6.07, 6.45) is 41.0. The molecule has 11 heteroatoms. The molecule has 0 aliphatic rings. The van der Waals surface area contributed by atoms with Crippen molar-refractivity contribution in [3.05, 3.63) is 36.5 Å². The molecule has 0 aromatic carbocycles. The summed E-state index contributed by atoms with van der Waals surface area (Å²) in [5.74, 6) is -0.941. The highest BCUT2D eigenvalue weighted by Gasteiger charge is 2.27. The van der Waals surface area contributed by atoms with Gasteiger partial charge in [0.25, 0.3) is 0 Å². The molecule has 0 aliphatic carbocycles. The van der Waals surface area contributed by atoms with Crippen LogP contribution in [-0.4, -0.2) is 65.7 Å². The van der Waals surface area contributed by atoms with Gasteiger partial charge in [0, 0.05) is 12.8 Å². The number of aliphatic hydroxyl groups excluding tert-OH is 2. The summed E-state index contributed by atoms with van der Waals surface area (Å²) in [5, 5.41) is 18.3. The van der Waals surface area contributed by atoms with Crippen LogP contribution in [0.2, 0.25) is 0 Å². The fraction of sp³-hybridized carbons (Fsp3) is 0.818. The van der Waals surface area contributed by atoms with Gasteiger partial charge in [-0.15, -0.1) is 0 Å². The van der Waals surface area contributed by atoms with E-state index in [0.29, 0.717) is 12.8 Å². The second kappa shape index (κ2) is 40.4. The standard InChI is InChI=1S/C44H81O10P/c1-3-5-7-9-11-13-15-17-19-20-22-24-26-28-30-32-34-36-44(48)54-42(40-53-55(49,50)52-38-41(46)37-45)39-51-43(47)35-33-31-29-27-25-23-21-18-16-14-12-10-8-6-4-2/h11,13,17-19,21,41-42,45-46H,3-10,12,14-16,20,22-40H2,1-2H3,(H,49,50)/b13-11-,19-17-,21-18-/t41-,42+/m0/s1. The first-order valence-electron chi connectivity index (χ1n) is 21.9. The van der Waals surface area contributed by atoms with Gasteiger partial charge in [0.15, 0.2) is 6.10 Å². The summed E-state index contributed by atoms with van der Waals surface area (Å²) in [6, 6.07) is 0. The second-order valence-electron chi connectivity index (χ2n) is 14.7. The largest absolute Gasteiger partial charge is 0.472 e. The Morgan fingerprint density at radius 3 is 1.45 bits per heavy atom. The van der Waals surface area contributed by atoms with Crippen molar-refractivity contribution in [2.24, 2.45) is 0 Å². The fourth-order valence-corrected chi connectivity index (χ4v) is 6.63. The monoisotopic (exact) mass is 801 g/mol. The maximum atomic E-state index is 12.6. The molecule has 10 nitrogen and oxygen atoms in total. The van der Waals surface area contributed by atoms with Crippen molar-refractivity contribution < 1.29 is 47.8 Å². The molecule has 0 amide bonds. The van der Waals surface area contributed by atoms with Gasteiger partial charge in [-0.1, -0.05) is 147 Å². The van der Waals surface area contributed by atoms with Crippen LogP contribution >= 0.6 is 7.82 Å². The smallest absolute Gasteiger partial charge is 0.462 e. The molecule has 0 radical (unpaired) electrons. The van der Waals surface area contributed by atoms with Crippen LogP contribution < -0.4 is 0 Å². The van der Waals surface area contributed by atoms with E-state index in [0.717, 1.165) is 70.6 Å². The number of aliphatic hydroxyl groups is 2. The Labute approximate surface area is 335 Å². The molecule has 0 bridgehead atoms. The average molecular weight is 801 g/mol. The number of phosphoric ester groups is 1. The van der Waals surface area contributed by atoms with E-state index in [4.69, 9.17) is 19.1 Å². The molecule has 0 rings (SSSR count). The molecule has 0 aromatic heterocycles. The van der Waals surface area contributed by atoms with Crippen LogP contribution in [0.1, 0.15) is 194 Å². The van der Waals surface area contributed by atoms with Gasteiger partial charge in [0.2, 0.25) is 0 Å². The molecule has 0 saturated carbocycles. The molecular formula is C44H81O10P. The van der Waals surface area contributed by atoms with Gasteiger partial charge in [-0.3, -0.25) is 18.6 Å². The number of unbranched alkanes of at least 4 members (excludes halogenated alkanes) is 21. The SMILES string of the molecule is CCCCC/C=C\C/C=C\CCCCCCCCCC(=O)O[C@H](COC(=O)CCCCCCC/C=C\CCCCCCCC)COP(=O)(O)OC[C@@H](O)CO. The van der Waals surface area contributed by atoms with Crippen molar-refractivity contribution in [3.63, 3.8) is 0 Å². The van der Waals surface area contributed by atoms with Crippen LogP contribution in [0, 0.1) is 0 Å². The van der Waals surface area contributed by atoms with Crippen molar-refractivity contribution in [1.29, 1.82) is 0 Å². The zero-order valence-electron chi connectivity index (χ0n) is 34.9. The van der Waals surface area contributed by atoms with Gasteiger partial charge in [-0.25, -0.2) is 4.57 Å². The summed E-state index contributed by atoms with van der Waals surface area (Å²) < 4.78 is 32.7. The number of carbonyl (C=O) groups is 2. The molecule has 0 fully saturated rings. The van der Waals surface area contributed by atoms with Crippen molar-refractivity contribution in [3.8, 4) is 0 Å². The van der Waals surface area contributed by atoms with Crippen LogP contribution in [-0.2, 0) is 32.7 Å². The number of ether oxygens (including phenoxy) is 2. The third kappa shape index (κ3) is 40.2. The van der Waals surface area contributed by atoms with Crippen molar-refractivity contribution in [1.82, 2.24) is 0 Å². The Balaban J connectivity index is 4.31. The summed E-state index contributed by atoms with van der Waals surface area (Å²) >= 11 is 0. The van der Waals surface area contributed by atoms with E-state index in [-0.39, 0.29) is 19.4 Å². The van der Waals surface area contributed by atoms with Gasteiger partial charge in [-0.2, -0.15) is 0 Å². The zero-order chi connectivity index (χ0) is 40.5. The summed E-state index contributed by atoms with van der Waals surface area (Å²) in [6.45, 7) is 2.34. The molecule has 3 atom stereocenters. The van der Waals surface area contributed by atoms with Gasteiger partial charge in [0.05, 0.1) is 19.8 Å². The molecular weight excluding hydrogens is 719 g/mol. The Morgan fingerprint density at radius 2 is 0.945 bits per heavy atom. The summed E-state index contributed by atoms with van der Waals surface area (Å²) in [4.78, 5) is 35.0. The minimum absolute atomic E-state index is 0.174. The maximum absolute atomic E-state index is 12.6. The number of hydrogen-bond donors (Lipinski definition) is 3. The minimum atomic E-state index is -4.62. The van der Waals surface area contributed by atoms with E-state index >= 15 is 0 Å².